The van der Waals surface area contributed by atoms with Crippen LogP contribution in [0.4, 0.5) is 0 Å². The molecule has 1 saturated heterocycles. The Morgan fingerprint density at radius 3 is 2.67 bits per heavy atom. The Morgan fingerprint density at radius 1 is 1.17 bits per heavy atom. The van der Waals surface area contributed by atoms with Gasteiger partial charge in [-0.3, -0.25) is 0 Å². The van der Waals surface area contributed by atoms with Gasteiger partial charge < -0.3 is 24.7 Å². The average Bonchev–Trinajstić information content (AvgIpc) is 3.27. The molecule has 1 aromatic heterocycles. The number of benzene rings is 1. The molecule has 0 bridgehead atoms. The number of furan rings is 1. The third-order valence-electron chi connectivity index (χ3n) is 5.26. The van der Waals surface area contributed by atoms with Crippen LogP contribution < -0.4 is 10.6 Å². The minimum atomic E-state index is 0. The Balaban J connectivity index is 0.00000320. The van der Waals surface area contributed by atoms with Gasteiger partial charge in [-0.25, -0.2) is 4.99 Å². The first-order valence-electron chi connectivity index (χ1n) is 10.7. The number of hydrogen-bond acceptors (Lipinski definition) is 4. The molecule has 2 N–H and O–H groups in total. The van der Waals surface area contributed by atoms with Crippen LogP contribution in [-0.4, -0.2) is 56.8 Å². The van der Waals surface area contributed by atoms with Gasteiger partial charge in [0, 0.05) is 52.4 Å². The number of methoxy groups -OCH3 is 1. The summed E-state index contributed by atoms with van der Waals surface area (Å²) in [6.45, 7) is 5.68. The predicted molar refractivity (Wildman–Crippen MR) is 133 cm³/mol. The van der Waals surface area contributed by atoms with Gasteiger partial charge >= 0.3 is 0 Å². The quantitative estimate of drug-likeness (QED) is 0.214. The fourth-order valence-electron chi connectivity index (χ4n) is 3.59. The second kappa shape index (κ2) is 14.4. The van der Waals surface area contributed by atoms with E-state index in [-0.39, 0.29) is 24.0 Å². The van der Waals surface area contributed by atoms with Crippen LogP contribution in [0.3, 0.4) is 0 Å². The minimum Gasteiger partial charge on any atom is -0.469 e. The zero-order valence-electron chi connectivity index (χ0n) is 17.9. The van der Waals surface area contributed by atoms with Crippen molar-refractivity contribution in [3.8, 4) is 0 Å². The Hall–Kier alpha value is -1.58. The number of halogens is 1. The van der Waals surface area contributed by atoms with Gasteiger partial charge in [-0.2, -0.15) is 0 Å². The maximum Gasteiger partial charge on any atom is 0.191 e. The van der Waals surface area contributed by atoms with E-state index >= 15 is 0 Å². The molecular weight excluding hydrogens is 491 g/mol. The molecule has 2 aromatic rings. The first kappa shape index (κ1) is 24.7. The lowest BCUT2D eigenvalue weighted by Crippen LogP contribution is -2.49. The number of likely N-dealkylation sites (tertiary alicyclic amines) is 1. The summed E-state index contributed by atoms with van der Waals surface area (Å²) in [6, 6.07) is 14.8. The van der Waals surface area contributed by atoms with Crippen molar-refractivity contribution in [2.75, 3.05) is 39.9 Å². The minimum absolute atomic E-state index is 0. The predicted octanol–water partition coefficient (Wildman–Crippen LogP) is 3.68. The van der Waals surface area contributed by atoms with Crippen molar-refractivity contribution in [1.82, 2.24) is 15.5 Å². The van der Waals surface area contributed by atoms with E-state index in [1.807, 2.05) is 18.2 Å². The maximum absolute atomic E-state index is 5.43. The lowest BCUT2D eigenvalue weighted by molar-refractivity contribution is 0.155. The van der Waals surface area contributed by atoms with Gasteiger partial charge in [-0.05, 0) is 37.0 Å². The highest BCUT2D eigenvalue weighted by Gasteiger charge is 2.19. The van der Waals surface area contributed by atoms with Crippen LogP contribution in [0.25, 0.3) is 0 Å². The third kappa shape index (κ3) is 9.06. The summed E-state index contributed by atoms with van der Waals surface area (Å²) in [4.78, 5) is 7.35. The van der Waals surface area contributed by atoms with Gasteiger partial charge in [0.1, 0.15) is 5.76 Å². The lowest BCUT2D eigenvalue weighted by Gasteiger charge is -2.33. The first-order valence-corrected chi connectivity index (χ1v) is 10.7. The smallest absolute Gasteiger partial charge is 0.191 e. The number of rotatable bonds is 10. The third-order valence-corrected chi connectivity index (χ3v) is 5.26. The summed E-state index contributed by atoms with van der Waals surface area (Å²) in [6.07, 6.45) is 5.94. The highest BCUT2D eigenvalue weighted by atomic mass is 127. The molecule has 6 nitrogen and oxygen atoms in total. The second-order valence-corrected chi connectivity index (χ2v) is 7.51. The topological polar surface area (TPSA) is 62.0 Å². The molecule has 0 saturated carbocycles. The molecule has 2 heterocycles. The molecule has 1 aliphatic heterocycles. The molecule has 0 unspecified atom stereocenters. The first-order chi connectivity index (χ1) is 14.3. The van der Waals surface area contributed by atoms with Gasteiger partial charge in [-0.15, -0.1) is 24.0 Å². The summed E-state index contributed by atoms with van der Waals surface area (Å²) >= 11 is 0. The van der Waals surface area contributed by atoms with Crippen molar-refractivity contribution in [1.29, 1.82) is 0 Å². The Labute approximate surface area is 197 Å². The summed E-state index contributed by atoms with van der Waals surface area (Å²) in [7, 11) is 1.77. The molecule has 0 atom stereocenters. The van der Waals surface area contributed by atoms with Crippen LogP contribution in [0.5, 0.6) is 0 Å². The summed E-state index contributed by atoms with van der Waals surface area (Å²) in [5, 5.41) is 7.13. The van der Waals surface area contributed by atoms with Crippen LogP contribution in [0.1, 0.15) is 30.6 Å². The molecule has 0 radical (unpaired) electrons. The van der Waals surface area contributed by atoms with E-state index in [1.54, 1.807) is 13.4 Å². The molecule has 0 aliphatic carbocycles. The normalized spacial score (nSPS) is 15.6. The van der Waals surface area contributed by atoms with E-state index in [1.165, 1.54) is 5.56 Å². The number of nitrogens with zero attached hydrogens (tertiary/aromatic N) is 2. The number of nitrogens with one attached hydrogen (secondary N) is 2. The van der Waals surface area contributed by atoms with Gasteiger partial charge in [0.25, 0.3) is 0 Å². The largest absolute Gasteiger partial charge is 0.469 e. The van der Waals surface area contributed by atoms with Gasteiger partial charge in [0.2, 0.25) is 0 Å². The SMILES string of the molecule is COCCCN1CCC(NC(=NCc2ccccc2)NCCc2ccco2)CC1.I. The number of piperidine rings is 1. The van der Waals surface area contributed by atoms with Crippen LogP contribution in [0.15, 0.2) is 58.1 Å². The van der Waals surface area contributed by atoms with E-state index in [4.69, 9.17) is 14.1 Å². The van der Waals surface area contributed by atoms with E-state index in [0.29, 0.717) is 12.6 Å². The number of aliphatic imine (C=N–C) groups is 1. The number of hydrogen-bond donors (Lipinski definition) is 2. The Bertz CT molecular complexity index is 701. The van der Waals surface area contributed by atoms with Gasteiger partial charge in [0.05, 0.1) is 12.8 Å². The van der Waals surface area contributed by atoms with Crippen molar-refractivity contribution >= 4 is 29.9 Å². The van der Waals surface area contributed by atoms with Crippen molar-refractivity contribution < 1.29 is 9.15 Å². The monoisotopic (exact) mass is 526 g/mol. The summed E-state index contributed by atoms with van der Waals surface area (Å²) in [5.41, 5.74) is 1.22. The van der Waals surface area contributed by atoms with Crippen molar-refractivity contribution in [2.24, 2.45) is 4.99 Å². The van der Waals surface area contributed by atoms with Crippen molar-refractivity contribution in [3.05, 3.63) is 60.1 Å². The van der Waals surface area contributed by atoms with E-state index in [9.17, 15) is 0 Å². The van der Waals surface area contributed by atoms with Crippen LogP contribution in [-0.2, 0) is 17.7 Å². The van der Waals surface area contributed by atoms with Gasteiger partial charge in [-0.1, -0.05) is 30.3 Å². The molecule has 1 aliphatic rings. The lowest BCUT2D eigenvalue weighted by atomic mass is 10.1. The zero-order chi connectivity index (χ0) is 20.2. The number of guanidine groups is 1. The highest BCUT2D eigenvalue weighted by molar-refractivity contribution is 14.0. The fraction of sp³-hybridized carbons (Fsp3) is 0.522. The molecule has 1 fully saturated rings. The maximum atomic E-state index is 5.43. The van der Waals surface area contributed by atoms with Crippen LogP contribution in [0.2, 0.25) is 0 Å². The molecule has 3 rings (SSSR count). The highest BCUT2D eigenvalue weighted by Crippen LogP contribution is 2.11. The summed E-state index contributed by atoms with van der Waals surface area (Å²) < 4.78 is 10.6. The molecular formula is C23H35IN4O2. The Kier molecular flexibility index (Phi) is 11.9. The molecule has 166 valence electrons. The molecule has 7 heteroatoms. The van der Waals surface area contributed by atoms with Crippen molar-refractivity contribution in [2.45, 2.75) is 38.3 Å². The standard InChI is InChI=1S/C23H34N4O2.HI/c1-28-17-6-14-27-15-11-21(12-16-27)26-23(24-13-10-22-9-5-18-29-22)25-19-20-7-3-2-4-8-20;/h2-5,7-9,18,21H,6,10-17,19H2,1H3,(H2,24,25,26);1H. The zero-order valence-corrected chi connectivity index (χ0v) is 20.2. The Morgan fingerprint density at radius 2 is 1.97 bits per heavy atom. The van der Waals surface area contributed by atoms with E-state index in [0.717, 1.165) is 70.2 Å². The fourth-order valence-corrected chi connectivity index (χ4v) is 3.59. The summed E-state index contributed by atoms with van der Waals surface area (Å²) in [5.74, 6) is 1.88. The molecule has 0 spiro atoms. The van der Waals surface area contributed by atoms with E-state index in [2.05, 4.69) is 39.8 Å². The van der Waals surface area contributed by atoms with E-state index < -0.39 is 0 Å². The van der Waals surface area contributed by atoms with Crippen LogP contribution >= 0.6 is 24.0 Å². The van der Waals surface area contributed by atoms with Crippen LogP contribution in [0, 0.1) is 0 Å². The van der Waals surface area contributed by atoms with Gasteiger partial charge in [0.15, 0.2) is 5.96 Å². The molecule has 30 heavy (non-hydrogen) atoms. The molecule has 1 aromatic carbocycles. The van der Waals surface area contributed by atoms with Crippen molar-refractivity contribution in [3.63, 3.8) is 0 Å². The number of ether oxygens (including phenoxy) is 1. The second-order valence-electron chi connectivity index (χ2n) is 7.51. The molecule has 0 amide bonds. The average molecular weight is 526 g/mol.